The number of rotatable bonds is 3. The van der Waals surface area contributed by atoms with Gasteiger partial charge in [-0.1, -0.05) is 25.0 Å². The van der Waals surface area contributed by atoms with Crippen LogP contribution in [0.25, 0.3) is 11.0 Å². The molecular formula is C20H21F3N4O. The summed E-state index contributed by atoms with van der Waals surface area (Å²) in [6.07, 6.45) is -0.146. The highest BCUT2D eigenvalue weighted by molar-refractivity contribution is 5.77. The highest BCUT2D eigenvalue weighted by Crippen LogP contribution is 2.33. The van der Waals surface area contributed by atoms with Crippen LogP contribution in [0.1, 0.15) is 67.2 Å². The molecule has 1 fully saturated rings. The van der Waals surface area contributed by atoms with Crippen molar-refractivity contribution in [1.29, 1.82) is 0 Å². The molecule has 8 heteroatoms. The van der Waals surface area contributed by atoms with Crippen LogP contribution in [0.3, 0.4) is 0 Å². The lowest BCUT2D eigenvalue weighted by molar-refractivity contribution is -0.137. The van der Waals surface area contributed by atoms with Gasteiger partial charge in [0.05, 0.1) is 17.3 Å². The van der Waals surface area contributed by atoms with Gasteiger partial charge in [0.1, 0.15) is 11.2 Å². The van der Waals surface area contributed by atoms with Crippen LogP contribution in [0.2, 0.25) is 0 Å². The maximum atomic E-state index is 12.8. The maximum absolute atomic E-state index is 12.8. The number of aromatic amines is 1. The molecule has 1 atom stereocenters. The summed E-state index contributed by atoms with van der Waals surface area (Å²) in [6.45, 7) is 3.58. The first-order chi connectivity index (χ1) is 13.3. The van der Waals surface area contributed by atoms with Crippen molar-refractivity contribution in [3.63, 3.8) is 0 Å². The van der Waals surface area contributed by atoms with Gasteiger partial charge in [-0.2, -0.15) is 18.3 Å². The van der Waals surface area contributed by atoms with Crippen LogP contribution in [0.15, 0.2) is 29.1 Å². The Bertz CT molecular complexity index is 1060. The van der Waals surface area contributed by atoms with Crippen molar-refractivity contribution < 1.29 is 13.2 Å². The number of alkyl halides is 3. The van der Waals surface area contributed by atoms with Crippen LogP contribution in [0.4, 0.5) is 13.2 Å². The molecule has 28 heavy (non-hydrogen) atoms. The number of aryl methyl sites for hydroxylation is 1. The molecule has 0 aliphatic heterocycles. The van der Waals surface area contributed by atoms with Crippen LogP contribution in [0.5, 0.6) is 0 Å². The predicted octanol–water partition coefficient (Wildman–Crippen LogP) is 4.71. The smallest absolute Gasteiger partial charge is 0.310 e. The average Bonchev–Trinajstić information content (AvgIpc) is 3.29. The van der Waals surface area contributed by atoms with E-state index in [1.54, 1.807) is 11.6 Å². The Morgan fingerprint density at radius 3 is 2.43 bits per heavy atom. The van der Waals surface area contributed by atoms with Crippen LogP contribution in [0, 0.1) is 6.92 Å². The average molecular weight is 390 g/mol. The zero-order valence-electron chi connectivity index (χ0n) is 15.7. The fraction of sp³-hybridized carbons (Fsp3) is 0.450. The number of H-pyrrole nitrogens is 1. The van der Waals surface area contributed by atoms with E-state index in [4.69, 9.17) is 4.98 Å². The molecule has 4 rings (SSSR count). The molecule has 1 aliphatic rings. The summed E-state index contributed by atoms with van der Waals surface area (Å²) in [5.41, 5.74) is 0.802. The number of nitrogens with zero attached hydrogens (tertiary/aromatic N) is 3. The highest BCUT2D eigenvalue weighted by atomic mass is 19.4. The Morgan fingerprint density at radius 2 is 1.82 bits per heavy atom. The van der Waals surface area contributed by atoms with Crippen LogP contribution >= 0.6 is 0 Å². The van der Waals surface area contributed by atoms with Crippen molar-refractivity contribution in [2.75, 3.05) is 0 Å². The lowest BCUT2D eigenvalue weighted by atomic mass is 10.1. The molecule has 0 radical (unpaired) electrons. The van der Waals surface area contributed by atoms with Crippen LogP contribution in [-0.2, 0) is 6.18 Å². The number of aromatic nitrogens is 4. The van der Waals surface area contributed by atoms with E-state index in [1.165, 1.54) is 12.1 Å². The molecule has 0 spiro atoms. The molecule has 5 nitrogen and oxygen atoms in total. The molecular weight excluding hydrogens is 369 g/mol. The normalized spacial score (nSPS) is 16.8. The van der Waals surface area contributed by atoms with E-state index >= 15 is 0 Å². The molecule has 148 valence electrons. The topological polar surface area (TPSA) is 63.6 Å². The predicted molar refractivity (Wildman–Crippen MR) is 99.4 cm³/mol. The molecule has 0 saturated heterocycles. The minimum Gasteiger partial charge on any atom is -0.310 e. The van der Waals surface area contributed by atoms with Gasteiger partial charge in [0.15, 0.2) is 5.65 Å². The SMILES string of the molecule is Cc1nn(C(C)c2ccc(C(F)(F)F)cc2)c2nc(C3CCCC3)[nH]c(=O)c12. The fourth-order valence-electron chi connectivity index (χ4n) is 3.98. The van der Waals surface area contributed by atoms with E-state index < -0.39 is 11.7 Å². The van der Waals surface area contributed by atoms with E-state index in [1.807, 2.05) is 6.92 Å². The van der Waals surface area contributed by atoms with Crippen molar-refractivity contribution in [3.8, 4) is 0 Å². The number of halogens is 3. The first-order valence-electron chi connectivity index (χ1n) is 9.42. The van der Waals surface area contributed by atoms with Gasteiger partial charge in [-0.05, 0) is 44.4 Å². The summed E-state index contributed by atoms with van der Waals surface area (Å²) in [6, 6.07) is 4.66. The second kappa shape index (κ2) is 6.76. The molecule has 0 amide bonds. The third-order valence-corrected chi connectivity index (χ3v) is 5.58. The number of nitrogens with one attached hydrogen (secondary N) is 1. The van der Waals surface area contributed by atoms with Gasteiger partial charge in [-0.15, -0.1) is 0 Å². The Balaban J connectivity index is 1.78. The molecule has 1 saturated carbocycles. The molecule has 1 N–H and O–H groups in total. The Hall–Kier alpha value is -2.64. The van der Waals surface area contributed by atoms with Gasteiger partial charge in [-0.25, -0.2) is 9.67 Å². The summed E-state index contributed by atoms with van der Waals surface area (Å²) in [7, 11) is 0. The van der Waals surface area contributed by atoms with Gasteiger partial charge in [0.2, 0.25) is 0 Å². The van der Waals surface area contributed by atoms with Crippen molar-refractivity contribution >= 4 is 11.0 Å². The Kier molecular flexibility index (Phi) is 4.51. The molecule has 1 unspecified atom stereocenters. The maximum Gasteiger partial charge on any atom is 0.416 e. The van der Waals surface area contributed by atoms with Gasteiger partial charge in [0.25, 0.3) is 5.56 Å². The molecule has 0 bridgehead atoms. The van der Waals surface area contributed by atoms with E-state index in [-0.39, 0.29) is 17.5 Å². The van der Waals surface area contributed by atoms with E-state index in [9.17, 15) is 18.0 Å². The standard InChI is InChI=1S/C20H21F3N4O/c1-11-16-18(24-17(25-19(16)28)14-5-3-4-6-14)27(26-11)12(2)13-7-9-15(10-8-13)20(21,22)23/h7-10,12,14H,3-6H2,1-2H3,(H,24,25,28). The lowest BCUT2D eigenvalue weighted by Crippen LogP contribution is -2.16. The highest BCUT2D eigenvalue weighted by Gasteiger charge is 2.30. The second-order valence-electron chi connectivity index (χ2n) is 7.46. The summed E-state index contributed by atoms with van der Waals surface area (Å²) in [4.78, 5) is 20.2. The Morgan fingerprint density at radius 1 is 1.18 bits per heavy atom. The first kappa shape index (κ1) is 18.7. The van der Waals surface area contributed by atoms with E-state index in [0.717, 1.165) is 37.8 Å². The number of hydrogen-bond acceptors (Lipinski definition) is 3. The number of benzene rings is 1. The summed E-state index contributed by atoms with van der Waals surface area (Å²) in [5.74, 6) is 0.915. The zero-order valence-corrected chi connectivity index (χ0v) is 15.7. The van der Waals surface area contributed by atoms with E-state index in [0.29, 0.717) is 28.1 Å². The zero-order chi connectivity index (χ0) is 20.1. The third-order valence-electron chi connectivity index (χ3n) is 5.58. The van der Waals surface area contributed by atoms with Gasteiger partial charge in [-0.3, -0.25) is 4.79 Å². The number of fused-ring (bicyclic) bond motifs is 1. The molecule has 2 heterocycles. The first-order valence-corrected chi connectivity index (χ1v) is 9.42. The largest absolute Gasteiger partial charge is 0.416 e. The quantitative estimate of drug-likeness (QED) is 0.704. The third kappa shape index (κ3) is 3.21. The lowest BCUT2D eigenvalue weighted by Gasteiger charge is -2.15. The Labute approximate surface area is 159 Å². The van der Waals surface area contributed by atoms with Gasteiger partial charge in [0, 0.05) is 5.92 Å². The summed E-state index contributed by atoms with van der Waals surface area (Å²) < 4.78 is 40.1. The van der Waals surface area contributed by atoms with Crippen LogP contribution in [-0.4, -0.2) is 19.7 Å². The summed E-state index contributed by atoms with van der Waals surface area (Å²) in [5, 5.41) is 4.91. The van der Waals surface area contributed by atoms with Crippen molar-refractivity contribution in [3.05, 3.63) is 57.3 Å². The molecule has 1 aliphatic carbocycles. The van der Waals surface area contributed by atoms with Crippen molar-refractivity contribution in [2.45, 2.75) is 57.7 Å². The van der Waals surface area contributed by atoms with Crippen molar-refractivity contribution in [2.24, 2.45) is 0 Å². The van der Waals surface area contributed by atoms with E-state index in [2.05, 4.69) is 10.1 Å². The molecule has 3 aromatic rings. The van der Waals surface area contributed by atoms with Crippen molar-refractivity contribution in [1.82, 2.24) is 19.7 Å². The molecule has 1 aromatic carbocycles. The fourth-order valence-corrected chi connectivity index (χ4v) is 3.98. The minimum atomic E-state index is -4.37. The van der Waals surface area contributed by atoms with Crippen LogP contribution < -0.4 is 5.56 Å². The van der Waals surface area contributed by atoms with Gasteiger partial charge < -0.3 is 4.98 Å². The van der Waals surface area contributed by atoms with Gasteiger partial charge >= 0.3 is 6.18 Å². The minimum absolute atomic E-state index is 0.213. The molecule has 2 aromatic heterocycles. The second-order valence-corrected chi connectivity index (χ2v) is 7.46. The monoisotopic (exact) mass is 390 g/mol. The number of hydrogen-bond donors (Lipinski definition) is 1. The summed E-state index contributed by atoms with van der Waals surface area (Å²) >= 11 is 0.